The molecule has 2 atom stereocenters. The van der Waals surface area contributed by atoms with Crippen LogP contribution in [0.25, 0.3) is 0 Å². The van der Waals surface area contributed by atoms with Gasteiger partial charge in [0, 0.05) is 21.5 Å². The highest BCUT2D eigenvalue weighted by Gasteiger charge is 2.47. The zero-order valence-electron chi connectivity index (χ0n) is 10.1. The highest BCUT2D eigenvalue weighted by Crippen LogP contribution is 2.44. The molecule has 106 valence electrons. The van der Waals surface area contributed by atoms with Crippen LogP contribution >= 0.6 is 27.5 Å². The molecule has 0 aromatic heterocycles. The largest absolute Gasteiger partial charge is 0.388 e. The average Bonchev–Trinajstić information content (AvgIpc) is 2.68. The summed E-state index contributed by atoms with van der Waals surface area (Å²) in [5, 5.41) is 11.1. The Bertz CT molecular complexity index is 593. The first-order chi connectivity index (χ1) is 8.80. The number of benzene rings is 1. The lowest BCUT2D eigenvalue weighted by atomic mass is 9.78. The Morgan fingerprint density at radius 2 is 2.21 bits per heavy atom. The van der Waals surface area contributed by atoms with Gasteiger partial charge in [-0.2, -0.15) is 0 Å². The molecular weight excluding hydrogens is 354 g/mol. The number of hydrogen-bond donors (Lipinski definition) is 2. The molecule has 7 heteroatoms. The molecule has 0 radical (unpaired) electrons. The van der Waals surface area contributed by atoms with Gasteiger partial charge < -0.3 is 10.8 Å². The predicted molar refractivity (Wildman–Crippen MR) is 78.9 cm³/mol. The van der Waals surface area contributed by atoms with Crippen molar-refractivity contribution < 1.29 is 13.5 Å². The number of aliphatic hydroxyl groups is 1. The van der Waals surface area contributed by atoms with Crippen molar-refractivity contribution in [3.05, 3.63) is 33.3 Å². The zero-order chi connectivity index (χ0) is 14.3. The summed E-state index contributed by atoms with van der Waals surface area (Å²) in [4.78, 5) is 0. The van der Waals surface area contributed by atoms with E-state index in [1.54, 1.807) is 18.2 Å². The topological polar surface area (TPSA) is 80.4 Å². The van der Waals surface area contributed by atoms with E-state index in [9.17, 15) is 13.5 Å². The average molecular weight is 369 g/mol. The van der Waals surface area contributed by atoms with Gasteiger partial charge in [-0.3, -0.25) is 0 Å². The molecule has 0 spiro atoms. The van der Waals surface area contributed by atoms with E-state index in [-0.39, 0.29) is 18.1 Å². The molecule has 0 bridgehead atoms. The van der Waals surface area contributed by atoms with Gasteiger partial charge in [0.2, 0.25) is 0 Å². The van der Waals surface area contributed by atoms with E-state index in [0.717, 1.165) is 0 Å². The van der Waals surface area contributed by atoms with Crippen LogP contribution in [0.3, 0.4) is 0 Å². The Kier molecular flexibility index (Phi) is 4.28. The minimum atomic E-state index is -3.13. The van der Waals surface area contributed by atoms with E-state index in [1.165, 1.54) is 0 Å². The summed E-state index contributed by atoms with van der Waals surface area (Å²) in [6, 6.07) is 5.07. The van der Waals surface area contributed by atoms with Crippen LogP contribution in [0.15, 0.2) is 22.7 Å². The molecule has 0 amide bonds. The maximum Gasteiger partial charge on any atom is 0.151 e. The van der Waals surface area contributed by atoms with Gasteiger partial charge in [-0.15, -0.1) is 0 Å². The molecule has 2 unspecified atom stereocenters. The van der Waals surface area contributed by atoms with Crippen molar-refractivity contribution in [2.24, 2.45) is 11.1 Å². The molecule has 1 aromatic rings. The number of rotatable bonds is 3. The van der Waals surface area contributed by atoms with Crippen molar-refractivity contribution >= 4 is 37.4 Å². The van der Waals surface area contributed by atoms with Gasteiger partial charge in [0.15, 0.2) is 9.84 Å². The van der Waals surface area contributed by atoms with Gasteiger partial charge in [0.05, 0.1) is 17.6 Å². The second-order valence-electron chi connectivity index (χ2n) is 4.98. The van der Waals surface area contributed by atoms with Crippen LogP contribution < -0.4 is 5.73 Å². The van der Waals surface area contributed by atoms with Gasteiger partial charge in [-0.25, -0.2) is 8.42 Å². The van der Waals surface area contributed by atoms with E-state index in [0.29, 0.717) is 21.5 Å². The van der Waals surface area contributed by atoms with Crippen LogP contribution in [0.4, 0.5) is 0 Å². The van der Waals surface area contributed by atoms with Crippen LogP contribution in [0.1, 0.15) is 18.1 Å². The first-order valence-corrected chi connectivity index (χ1v) is 8.82. The third-order valence-corrected chi connectivity index (χ3v) is 6.46. The number of aliphatic hydroxyl groups excluding tert-OH is 1. The number of sulfone groups is 1. The van der Waals surface area contributed by atoms with E-state index in [1.807, 2.05) is 0 Å². The molecule has 1 fully saturated rings. The van der Waals surface area contributed by atoms with Crippen LogP contribution in [-0.2, 0) is 9.84 Å². The van der Waals surface area contributed by atoms with E-state index >= 15 is 0 Å². The minimum absolute atomic E-state index is 0.0689. The molecule has 1 saturated heterocycles. The smallest absolute Gasteiger partial charge is 0.151 e. The molecule has 0 saturated carbocycles. The molecule has 2 rings (SSSR count). The van der Waals surface area contributed by atoms with Crippen LogP contribution in [0, 0.1) is 5.41 Å². The van der Waals surface area contributed by atoms with E-state index in [4.69, 9.17) is 17.3 Å². The summed E-state index contributed by atoms with van der Waals surface area (Å²) in [6.07, 6.45) is -0.589. The molecule has 1 aliphatic heterocycles. The van der Waals surface area contributed by atoms with Gasteiger partial charge in [-0.05, 0) is 30.2 Å². The Balaban J connectivity index is 2.42. The van der Waals surface area contributed by atoms with Crippen molar-refractivity contribution in [2.45, 2.75) is 12.5 Å². The van der Waals surface area contributed by atoms with E-state index < -0.39 is 21.4 Å². The fourth-order valence-corrected chi connectivity index (χ4v) is 5.29. The molecule has 1 aromatic carbocycles. The molecular formula is C12H15BrClNO3S. The summed E-state index contributed by atoms with van der Waals surface area (Å²) in [5.41, 5.74) is 5.49. The normalized spacial score (nSPS) is 27.4. The van der Waals surface area contributed by atoms with Gasteiger partial charge in [-0.1, -0.05) is 27.5 Å². The third kappa shape index (κ3) is 2.97. The maximum atomic E-state index is 11.7. The van der Waals surface area contributed by atoms with Gasteiger partial charge in [0.1, 0.15) is 0 Å². The predicted octanol–water partition coefficient (Wildman–Crippen LogP) is 1.90. The fourth-order valence-electron chi connectivity index (χ4n) is 2.48. The summed E-state index contributed by atoms with van der Waals surface area (Å²) >= 11 is 9.28. The standard InChI is InChI=1S/C12H15BrClNO3S/c13-10-2-1-8(14)5-9(10)11(16)12(6-15)3-4-19(17,18)7-12/h1-2,5,11,16H,3-4,6-7,15H2. The van der Waals surface area contributed by atoms with Crippen molar-refractivity contribution in [3.63, 3.8) is 0 Å². The van der Waals surface area contributed by atoms with Gasteiger partial charge >= 0.3 is 0 Å². The van der Waals surface area contributed by atoms with Crippen molar-refractivity contribution in [1.82, 2.24) is 0 Å². The summed E-state index contributed by atoms with van der Waals surface area (Å²) in [6.45, 7) is 0.117. The molecule has 0 aliphatic carbocycles. The molecule has 1 aliphatic rings. The van der Waals surface area contributed by atoms with Crippen molar-refractivity contribution in [2.75, 3.05) is 18.1 Å². The number of halogens is 2. The molecule has 3 N–H and O–H groups in total. The van der Waals surface area contributed by atoms with Crippen LogP contribution in [0.5, 0.6) is 0 Å². The highest BCUT2D eigenvalue weighted by atomic mass is 79.9. The second-order valence-corrected chi connectivity index (χ2v) is 8.45. The third-order valence-electron chi connectivity index (χ3n) is 3.66. The Morgan fingerprint density at radius 3 is 2.74 bits per heavy atom. The molecule has 1 heterocycles. The maximum absolute atomic E-state index is 11.7. The Morgan fingerprint density at radius 1 is 1.53 bits per heavy atom. The van der Waals surface area contributed by atoms with E-state index in [2.05, 4.69) is 15.9 Å². The first-order valence-electron chi connectivity index (χ1n) is 5.83. The lowest BCUT2D eigenvalue weighted by Gasteiger charge is -2.32. The van der Waals surface area contributed by atoms with Crippen LogP contribution in [0.2, 0.25) is 5.02 Å². The lowest BCUT2D eigenvalue weighted by Crippen LogP contribution is -2.38. The lowest BCUT2D eigenvalue weighted by molar-refractivity contribution is 0.0466. The van der Waals surface area contributed by atoms with Crippen LogP contribution in [-0.4, -0.2) is 31.6 Å². The summed E-state index contributed by atoms with van der Waals surface area (Å²) < 4.78 is 24.1. The first kappa shape index (κ1) is 15.3. The SMILES string of the molecule is NCC1(C(O)c2cc(Cl)ccc2Br)CCS(=O)(=O)C1. The Hall–Kier alpha value is -0.140. The van der Waals surface area contributed by atoms with Gasteiger partial charge in [0.25, 0.3) is 0 Å². The minimum Gasteiger partial charge on any atom is -0.388 e. The molecule has 4 nitrogen and oxygen atoms in total. The second kappa shape index (κ2) is 5.33. The van der Waals surface area contributed by atoms with Crippen molar-refractivity contribution in [3.8, 4) is 0 Å². The summed E-state index contributed by atoms with van der Waals surface area (Å²) in [7, 11) is -3.13. The summed E-state index contributed by atoms with van der Waals surface area (Å²) in [5.74, 6) is -0.0178. The number of nitrogens with two attached hydrogens (primary N) is 1. The number of hydrogen-bond acceptors (Lipinski definition) is 4. The quantitative estimate of drug-likeness (QED) is 0.854. The fraction of sp³-hybridized carbons (Fsp3) is 0.500. The monoisotopic (exact) mass is 367 g/mol. The molecule has 19 heavy (non-hydrogen) atoms. The van der Waals surface area contributed by atoms with Crippen molar-refractivity contribution in [1.29, 1.82) is 0 Å². The highest BCUT2D eigenvalue weighted by molar-refractivity contribution is 9.10. The zero-order valence-corrected chi connectivity index (χ0v) is 13.3. The Labute approximate surface area is 126 Å².